The van der Waals surface area contributed by atoms with Crippen LogP contribution in [0.25, 0.3) is 0 Å². The minimum Gasteiger partial charge on any atom is -0.385 e. The van der Waals surface area contributed by atoms with Crippen molar-refractivity contribution in [3.05, 3.63) is 30.1 Å². The number of likely N-dealkylation sites (tertiary alicyclic amines) is 1. The molecule has 27 heavy (non-hydrogen) atoms. The Balaban J connectivity index is 1.62. The van der Waals surface area contributed by atoms with Gasteiger partial charge in [0, 0.05) is 69.4 Å². The summed E-state index contributed by atoms with van der Waals surface area (Å²) in [5.41, 5.74) is 0.348. The van der Waals surface area contributed by atoms with E-state index < -0.39 is 0 Å². The average Bonchev–Trinajstić information content (AvgIpc) is 2.73. The second-order valence-electron chi connectivity index (χ2n) is 7.43. The molecule has 3 heterocycles. The molecule has 0 spiro atoms. The zero-order chi connectivity index (χ0) is 19.1. The number of pyridine rings is 1. The quantitative estimate of drug-likeness (QED) is 0.817. The fourth-order valence-electron chi connectivity index (χ4n) is 3.87. The summed E-state index contributed by atoms with van der Waals surface area (Å²) in [5, 5.41) is 3.31. The number of carbonyl (C=O) groups is 2. The predicted octanol–water partition coefficient (Wildman–Crippen LogP) is 1.64. The number of carbonyl (C=O) groups excluding carboxylic acids is 2. The van der Waals surface area contributed by atoms with Crippen molar-refractivity contribution < 1.29 is 19.1 Å². The van der Waals surface area contributed by atoms with E-state index in [2.05, 4.69) is 10.3 Å². The fraction of sp³-hybridized carbons (Fsp3) is 0.650. The van der Waals surface area contributed by atoms with Crippen LogP contribution in [0.15, 0.2) is 24.5 Å². The highest BCUT2D eigenvalue weighted by Gasteiger charge is 2.38. The fourth-order valence-corrected chi connectivity index (χ4v) is 3.87. The van der Waals surface area contributed by atoms with Crippen molar-refractivity contribution in [3.63, 3.8) is 0 Å². The molecule has 1 aromatic heterocycles. The molecule has 2 aliphatic heterocycles. The molecule has 7 heteroatoms. The third-order valence-corrected chi connectivity index (χ3v) is 5.70. The van der Waals surface area contributed by atoms with E-state index in [0.717, 1.165) is 32.1 Å². The van der Waals surface area contributed by atoms with Gasteiger partial charge in [0.1, 0.15) is 0 Å². The number of ether oxygens (including phenoxy) is 2. The molecule has 2 amide bonds. The maximum atomic E-state index is 12.8. The summed E-state index contributed by atoms with van der Waals surface area (Å²) in [6, 6.07) is 3.48. The van der Waals surface area contributed by atoms with Crippen molar-refractivity contribution in [1.29, 1.82) is 0 Å². The van der Waals surface area contributed by atoms with Crippen molar-refractivity contribution in [2.24, 2.45) is 5.92 Å². The minimum atomic E-state index is -0.305. The van der Waals surface area contributed by atoms with Gasteiger partial charge in [-0.1, -0.05) is 0 Å². The molecular formula is C20H29N3O4. The van der Waals surface area contributed by atoms with Gasteiger partial charge < -0.3 is 19.7 Å². The Labute approximate surface area is 160 Å². The van der Waals surface area contributed by atoms with Crippen LogP contribution < -0.4 is 5.32 Å². The first-order chi connectivity index (χ1) is 13.1. The lowest BCUT2D eigenvalue weighted by atomic mass is 9.83. The van der Waals surface area contributed by atoms with Crippen LogP contribution in [0.2, 0.25) is 0 Å². The normalized spacial score (nSPS) is 20.3. The van der Waals surface area contributed by atoms with Crippen LogP contribution in [-0.2, 0) is 14.3 Å². The highest BCUT2D eigenvalue weighted by Crippen LogP contribution is 2.28. The van der Waals surface area contributed by atoms with Gasteiger partial charge >= 0.3 is 0 Å². The second kappa shape index (κ2) is 9.28. The largest absolute Gasteiger partial charge is 0.385 e. The van der Waals surface area contributed by atoms with E-state index in [1.54, 1.807) is 31.6 Å². The van der Waals surface area contributed by atoms with Crippen LogP contribution in [0.1, 0.15) is 42.5 Å². The van der Waals surface area contributed by atoms with Gasteiger partial charge in [-0.2, -0.15) is 0 Å². The molecular weight excluding hydrogens is 346 g/mol. The maximum absolute atomic E-state index is 12.8. The average molecular weight is 375 g/mol. The molecule has 2 fully saturated rings. The summed E-state index contributed by atoms with van der Waals surface area (Å²) in [4.78, 5) is 31.3. The number of methoxy groups -OCH3 is 1. The van der Waals surface area contributed by atoms with Crippen LogP contribution in [0.5, 0.6) is 0 Å². The number of hydrogen-bond donors (Lipinski definition) is 1. The van der Waals surface area contributed by atoms with Gasteiger partial charge in [-0.25, -0.2) is 0 Å². The Morgan fingerprint density at radius 3 is 2.56 bits per heavy atom. The van der Waals surface area contributed by atoms with E-state index in [-0.39, 0.29) is 23.3 Å². The lowest BCUT2D eigenvalue weighted by molar-refractivity contribution is -0.130. The molecule has 3 rings (SSSR count). The Hall–Kier alpha value is -1.99. The maximum Gasteiger partial charge on any atom is 0.253 e. The van der Waals surface area contributed by atoms with Gasteiger partial charge in [-0.05, 0) is 44.2 Å². The first-order valence-electron chi connectivity index (χ1n) is 9.71. The molecule has 2 saturated heterocycles. The number of nitrogens with zero attached hydrogens (tertiary/aromatic N) is 2. The van der Waals surface area contributed by atoms with Crippen LogP contribution in [-0.4, -0.2) is 67.3 Å². The lowest BCUT2D eigenvalue weighted by Gasteiger charge is -2.43. The number of aromatic nitrogens is 1. The number of amides is 2. The monoisotopic (exact) mass is 375 g/mol. The third-order valence-electron chi connectivity index (χ3n) is 5.70. The molecule has 148 valence electrons. The Morgan fingerprint density at radius 1 is 1.26 bits per heavy atom. The lowest BCUT2D eigenvalue weighted by Crippen LogP contribution is -2.58. The molecule has 7 nitrogen and oxygen atoms in total. The molecule has 0 saturated carbocycles. The molecule has 0 unspecified atom stereocenters. The van der Waals surface area contributed by atoms with Crippen molar-refractivity contribution in [3.8, 4) is 0 Å². The van der Waals surface area contributed by atoms with Crippen LogP contribution in [0.3, 0.4) is 0 Å². The van der Waals surface area contributed by atoms with Crippen molar-refractivity contribution in [2.75, 3.05) is 40.0 Å². The van der Waals surface area contributed by atoms with Gasteiger partial charge in [-0.15, -0.1) is 0 Å². The van der Waals surface area contributed by atoms with Crippen molar-refractivity contribution in [2.45, 2.75) is 37.6 Å². The van der Waals surface area contributed by atoms with Gasteiger partial charge in [0.05, 0.1) is 0 Å². The third kappa shape index (κ3) is 5.05. The zero-order valence-corrected chi connectivity index (χ0v) is 16.0. The Morgan fingerprint density at radius 2 is 1.93 bits per heavy atom. The molecule has 1 aromatic rings. The summed E-state index contributed by atoms with van der Waals surface area (Å²) < 4.78 is 10.6. The van der Waals surface area contributed by atoms with Crippen molar-refractivity contribution >= 4 is 11.8 Å². The summed E-state index contributed by atoms with van der Waals surface area (Å²) in [6.45, 7) is 3.14. The molecule has 0 radical (unpaired) electrons. The minimum absolute atomic E-state index is 0.0218. The Kier molecular flexibility index (Phi) is 6.79. The van der Waals surface area contributed by atoms with E-state index in [9.17, 15) is 9.59 Å². The number of rotatable bonds is 6. The molecule has 0 aliphatic carbocycles. The summed E-state index contributed by atoms with van der Waals surface area (Å²) in [7, 11) is 1.68. The van der Waals surface area contributed by atoms with Crippen LogP contribution >= 0.6 is 0 Å². The first-order valence-corrected chi connectivity index (χ1v) is 9.71. The summed E-state index contributed by atoms with van der Waals surface area (Å²) in [6.07, 6.45) is 7.06. The van der Waals surface area contributed by atoms with Gasteiger partial charge in [-0.3, -0.25) is 14.6 Å². The van der Waals surface area contributed by atoms with E-state index in [1.165, 1.54) is 0 Å². The smallest absolute Gasteiger partial charge is 0.253 e. The van der Waals surface area contributed by atoms with Gasteiger partial charge in [0.15, 0.2) is 0 Å². The summed E-state index contributed by atoms with van der Waals surface area (Å²) >= 11 is 0. The summed E-state index contributed by atoms with van der Waals surface area (Å²) in [5.74, 6) is 0.159. The molecule has 0 aromatic carbocycles. The molecule has 0 atom stereocenters. The SMILES string of the molecule is COCCC1(NC(=O)C2CCOCC2)CCN(C(=O)c2ccncc2)CC1. The Bertz CT molecular complexity index is 623. The van der Waals surface area contributed by atoms with E-state index in [1.807, 2.05) is 4.90 Å². The topological polar surface area (TPSA) is 80.8 Å². The molecule has 2 aliphatic rings. The van der Waals surface area contributed by atoms with E-state index in [0.29, 0.717) is 38.5 Å². The number of piperidine rings is 1. The van der Waals surface area contributed by atoms with Crippen LogP contribution in [0.4, 0.5) is 0 Å². The van der Waals surface area contributed by atoms with E-state index in [4.69, 9.17) is 9.47 Å². The van der Waals surface area contributed by atoms with Crippen molar-refractivity contribution in [1.82, 2.24) is 15.2 Å². The van der Waals surface area contributed by atoms with Gasteiger partial charge in [0.2, 0.25) is 5.91 Å². The predicted molar refractivity (Wildman–Crippen MR) is 100 cm³/mol. The van der Waals surface area contributed by atoms with E-state index >= 15 is 0 Å². The second-order valence-corrected chi connectivity index (χ2v) is 7.43. The zero-order valence-electron chi connectivity index (χ0n) is 16.0. The number of hydrogen-bond acceptors (Lipinski definition) is 5. The van der Waals surface area contributed by atoms with Gasteiger partial charge in [0.25, 0.3) is 5.91 Å². The molecule has 1 N–H and O–H groups in total. The molecule has 0 bridgehead atoms. The highest BCUT2D eigenvalue weighted by atomic mass is 16.5. The standard InChI is InChI=1S/C20H29N3O4/c1-26-15-8-20(22-18(24)16-4-13-27-14-5-16)6-11-23(12-7-20)19(25)17-2-9-21-10-3-17/h2-3,9-10,16H,4-8,11-15H2,1H3,(H,22,24). The first kappa shape index (κ1) is 19.8. The number of nitrogens with one attached hydrogen (secondary N) is 1. The van der Waals surface area contributed by atoms with Crippen LogP contribution in [0, 0.1) is 5.92 Å². The highest BCUT2D eigenvalue weighted by molar-refractivity contribution is 5.94.